The van der Waals surface area contributed by atoms with Gasteiger partial charge in [0, 0.05) is 44.2 Å². The zero-order chi connectivity index (χ0) is 12.1. The van der Waals surface area contributed by atoms with Gasteiger partial charge >= 0.3 is 0 Å². The molecule has 4 aliphatic heterocycles. The number of hydrogen-bond donors (Lipinski definition) is 0. The number of hydrogen-bond acceptors (Lipinski definition) is 1. The third-order valence-electron chi connectivity index (χ3n) is 6.19. The van der Waals surface area contributed by atoms with Gasteiger partial charge in [-0.3, -0.25) is 4.90 Å². The van der Waals surface area contributed by atoms with E-state index in [0.29, 0.717) is 0 Å². The molecule has 4 heterocycles. The third kappa shape index (κ3) is 1.68. The largest absolute Gasteiger partial charge is 0.299 e. The van der Waals surface area contributed by atoms with E-state index in [1.807, 2.05) is 0 Å². The monoisotopic (exact) mass is 247 g/mol. The highest BCUT2D eigenvalue weighted by Gasteiger charge is 2.49. The highest BCUT2D eigenvalue weighted by Crippen LogP contribution is 2.41. The predicted octanol–water partition coefficient (Wildman–Crippen LogP) is 2.52. The zero-order valence-electron chi connectivity index (χ0n) is 11.8. The molecular weight excluding hydrogens is 220 g/mol. The lowest BCUT2D eigenvalue weighted by atomic mass is 9.71. The van der Waals surface area contributed by atoms with Gasteiger partial charge in [0.1, 0.15) is 12.3 Å². The van der Waals surface area contributed by atoms with Crippen molar-refractivity contribution < 1.29 is 4.58 Å². The van der Waals surface area contributed by atoms with Crippen LogP contribution in [0.3, 0.4) is 0 Å². The molecule has 3 saturated heterocycles. The summed E-state index contributed by atoms with van der Waals surface area (Å²) in [5, 5.41) is 0. The van der Waals surface area contributed by atoms with Crippen molar-refractivity contribution in [3.8, 4) is 0 Å². The fourth-order valence-electron chi connectivity index (χ4n) is 5.36. The molecule has 0 aliphatic carbocycles. The maximum Gasteiger partial charge on any atom is 0.156 e. The van der Waals surface area contributed by atoms with E-state index in [0.717, 1.165) is 23.9 Å². The Balaban J connectivity index is 1.65. The van der Waals surface area contributed by atoms with E-state index in [2.05, 4.69) is 16.4 Å². The van der Waals surface area contributed by atoms with Crippen molar-refractivity contribution in [1.82, 2.24) is 4.90 Å². The quantitative estimate of drug-likeness (QED) is 0.596. The molecule has 0 spiro atoms. The van der Waals surface area contributed by atoms with Crippen molar-refractivity contribution in [2.75, 3.05) is 19.6 Å². The summed E-state index contributed by atoms with van der Waals surface area (Å²) in [6, 6.07) is 1.84. The molecule has 3 fully saturated rings. The summed E-state index contributed by atoms with van der Waals surface area (Å²) in [4.78, 5) is 2.86. The van der Waals surface area contributed by atoms with E-state index in [-0.39, 0.29) is 0 Å². The summed E-state index contributed by atoms with van der Waals surface area (Å²) in [5.41, 5.74) is 1.70. The van der Waals surface area contributed by atoms with Gasteiger partial charge < -0.3 is 0 Å². The van der Waals surface area contributed by atoms with Crippen molar-refractivity contribution in [2.45, 2.75) is 64.0 Å². The molecule has 18 heavy (non-hydrogen) atoms. The summed E-state index contributed by atoms with van der Waals surface area (Å²) in [6.07, 6.45) is 10.2. The van der Waals surface area contributed by atoms with Gasteiger partial charge in [-0.05, 0) is 32.2 Å². The van der Waals surface area contributed by atoms with Gasteiger partial charge in [0.15, 0.2) is 6.04 Å². The van der Waals surface area contributed by atoms with E-state index >= 15 is 0 Å². The molecule has 4 aliphatic rings. The molecule has 4 rings (SSSR count). The normalized spacial score (nSPS) is 44.5. The Morgan fingerprint density at radius 3 is 3.00 bits per heavy atom. The van der Waals surface area contributed by atoms with Gasteiger partial charge in [-0.2, -0.15) is 0 Å². The molecule has 0 aromatic heterocycles. The molecule has 4 atom stereocenters. The SMILES string of the molecule is CC1=[N+]2C[C@@H]3C[C@@H](CN4CCCC[C@@H]34)[C@H]2CCC1. The standard InChI is InChI=1S/C16H27N2/c1-12-5-4-7-16-13-9-14(11-18(12)16)15-6-2-3-8-17(15)10-13/h13-16H,2-11H2,1H3/q+1/t13-,14-,15-,16+/m0/s1. The van der Waals surface area contributed by atoms with Crippen LogP contribution in [0.25, 0.3) is 0 Å². The summed E-state index contributed by atoms with van der Waals surface area (Å²) in [6.45, 7) is 6.59. The van der Waals surface area contributed by atoms with Crippen molar-refractivity contribution >= 4 is 5.71 Å². The Morgan fingerprint density at radius 1 is 1.11 bits per heavy atom. The Morgan fingerprint density at radius 2 is 2.06 bits per heavy atom. The minimum Gasteiger partial charge on any atom is -0.299 e. The van der Waals surface area contributed by atoms with Gasteiger partial charge in [0.2, 0.25) is 0 Å². The van der Waals surface area contributed by atoms with Crippen molar-refractivity contribution in [2.24, 2.45) is 11.8 Å². The van der Waals surface area contributed by atoms with Crippen LogP contribution in [0.5, 0.6) is 0 Å². The van der Waals surface area contributed by atoms with Crippen molar-refractivity contribution in [1.29, 1.82) is 0 Å². The molecule has 0 amide bonds. The first-order chi connectivity index (χ1) is 8.83. The first kappa shape index (κ1) is 11.5. The molecule has 0 aromatic rings. The first-order valence-corrected chi connectivity index (χ1v) is 8.16. The molecule has 100 valence electrons. The van der Waals surface area contributed by atoms with E-state index in [4.69, 9.17) is 0 Å². The highest BCUT2D eigenvalue weighted by molar-refractivity contribution is 5.77. The lowest BCUT2D eigenvalue weighted by Crippen LogP contribution is -2.61. The summed E-state index contributed by atoms with van der Waals surface area (Å²) < 4.78 is 2.83. The average Bonchev–Trinajstić information content (AvgIpc) is 2.40. The van der Waals surface area contributed by atoms with E-state index in [9.17, 15) is 0 Å². The number of rotatable bonds is 0. The highest BCUT2D eigenvalue weighted by atomic mass is 15.2. The van der Waals surface area contributed by atoms with E-state index in [1.165, 1.54) is 64.6 Å². The molecule has 2 bridgehead atoms. The Kier molecular flexibility index (Phi) is 2.76. The van der Waals surface area contributed by atoms with Gasteiger partial charge in [0.25, 0.3) is 0 Å². The molecule has 2 heteroatoms. The van der Waals surface area contributed by atoms with Gasteiger partial charge in [0.05, 0.1) is 0 Å². The van der Waals surface area contributed by atoms with Gasteiger partial charge in [-0.1, -0.05) is 6.42 Å². The third-order valence-corrected chi connectivity index (χ3v) is 6.19. The maximum atomic E-state index is 2.86. The van der Waals surface area contributed by atoms with Crippen LogP contribution < -0.4 is 0 Å². The zero-order valence-corrected chi connectivity index (χ0v) is 11.8. The fraction of sp³-hybridized carbons (Fsp3) is 0.938. The fourth-order valence-corrected chi connectivity index (χ4v) is 5.36. The molecule has 0 radical (unpaired) electrons. The summed E-state index contributed by atoms with van der Waals surface area (Å²) in [5.74, 6) is 1.96. The molecule has 2 nitrogen and oxygen atoms in total. The topological polar surface area (TPSA) is 6.25 Å². The smallest absolute Gasteiger partial charge is 0.156 e. The summed E-state index contributed by atoms with van der Waals surface area (Å²) >= 11 is 0. The van der Waals surface area contributed by atoms with Gasteiger partial charge in [-0.25, -0.2) is 4.58 Å². The predicted molar refractivity (Wildman–Crippen MR) is 74.3 cm³/mol. The van der Waals surface area contributed by atoms with Crippen LogP contribution in [0.15, 0.2) is 0 Å². The van der Waals surface area contributed by atoms with Crippen LogP contribution >= 0.6 is 0 Å². The summed E-state index contributed by atoms with van der Waals surface area (Å²) in [7, 11) is 0. The molecule has 0 aromatic carbocycles. The molecule has 0 saturated carbocycles. The van der Waals surface area contributed by atoms with Crippen molar-refractivity contribution in [3.63, 3.8) is 0 Å². The number of fused-ring (bicyclic) bond motifs is 6. The Hall–Kier alpha value is -0.370. The van der Waals surface area contributed by atoms with Crippen LogP contribution in [0, 0.1) is 11.8 Å². The van der Waals surface area contributed by atoms with Crippen LogP contribution in [0.2, 0.25) is 0 Å². The molecular formula is C16H27N2+. The van der Waals surface area contributed by atoms with Crippen molar-refractivity contribution in [3.05, 3.63) is 0 Å². The van der Waals surface area contributed by atoms with Crippen LogP contribution in [0.4, 0.5) is 0 Å². The second kappa shape index (κ2) is 4.33. The minimum atomic E-state index is 0.901. The van der Waals surface area contributed by atoms with Crippen LogP contribution in [-0.2, 0) is 0 Å². The lowest BCUT2D eigenvalue weighted by molar-refractivity contribution is -0.604. The maximum absolute atomic E-state index is 2.86. The first-order valence-electron chi connectivity index (χ1n) is 8.16. The average molecular weight is 247 g/mol. The second-order valence-electron chi connectivity index (χ2n) is 7.16. The number of nitrogens with zero attached hydrogens (tertiary/aromatic N) is 2. The van der Waals surface area contributed by atoms with E-state index in [1.54, 1.807) is 5.71 Å². The lowest BCUT2D eigenvalue weighted by Gasteiger charge is -2.51. The Labute approximate surface area is 111 Å². The second-order valence-corrected chi connectivity index (χ2v) is 7.16. The molecule has 0 N–H and O–H groups in total. The Bertz CT molecular complexity index is 373. The number of piperidine rings is 3. The van der Waals surface area contributed by atoms with E-state index < -0.39 is 0 Å². The molecule has 0 unspecified atom stereocenters. The van der Waals surface area contributed by atoms with Crippen LogP contribution in [-0.4, -0.2) is 46.9 Å². The van der Waals surface area contributed by atoms with Gasteiger partial charge in [-0.15, -0.1) is 0 Å². The minimum absolute atomic E-state index is 0.901. The van der Waals surface area contributed by atoms with Crippen LogP contribution in [0.1, 0.15) is 51.9 Å².